The highest BCUT2D eigenvalue weighted by atomic mass is 16.1. The Labute approximate surface area is 103 Å². The van der Waals surface area contributed by atoms with E-state index in [-0.39, 0.29) is 11.8 Å². The highest BCUT2D eigenvalue weighted by Crippen LogP contribution is 2.15. The summed E-state index contributed by atoms with van der Waals surface area (Å²) in [5.41, 5.74) is 7.79. The van der Waals surface area contributed by atoms with Crippen LogP contribution in [0.2, 0.25) is 0 Å². The lowest BCUT2D eigenvalue weighted by Gasteiger charge is -2.23. The third-order valence-corrected chi connectivity index (χ3v) is 2.83. The van der Waals surface area contributed by atoms with Gasteiger partial charge < -0.3 is 16.0 Å². The number of amides is 1. The summed E-state index contributed by atoms with van der Waals surface area (Å²) in [5, 5.41) is 2.66. The Morgan fingerprint density at radius 1 is 1.53 bits per heavy atom. The molecule has 0 aliphatic carbocycles. The SMILES string of the molecule is CNC(=O)C(C)CN(C)c1cccc(CN)c1. The van der Waals surface area contributed by atoms with Gasteiger partial charge in [0.05, 0.1) is 5.92 Å². The van der Waals surface area contributed by atoms with Crippen molar-refractivity contribution in [2.24, 2.45) is 11.7 Å². The van der Waals surface area contributed by atoms with Crippen LogP contribution >= 0.6 is 0 Å². The number of nitrogens with two attached hydrogens (primary N) is 1. The van der Waals surface area contributed by atoms with Crippen LogP contribution in [0.1, 0.15) is 12.5 Å². The van der Waals surface area contributed by atoms with Crippen molar-refractivity contribution in [2.45, 2.75) is 13.5 Å². The fourth-order valence-corrected chi connectivity index (χ4v) is 1.77. The first-order valence-electron chi connectivity index (χ1n) is 5.80. The van der Waals surface area contributed by atoms with Crippen molar-refractivity contribution in [1.29, 1.82) is 0 Å². The normalized spacial score (nSPS) is 12.0. The largest absolute Gasteiger partial charge is 0.374 e. The lowest BCUT2D eigenvalue weighted by atomic mass is 10.1. The van der Waals surface area contributed by atoms with Crippen molar-refractivity contribution in [3.05, 3.63) is 29.8 Å². The minimum absolute atomic E-state index is 0.0356. The molecule has 0 saturated heterocycles. The van der Waals surface area contributed by atoms with E-state index >= 15 is 0 Å². The second-order valence-electron chi connectivity index (χ2n) is 4.27. The first-order chi connectivity index (χ1) is 8.08. The maximum absolute atomic E-state index is 11.4. The van der Waals surface area contributed by atoms with Gasteiger partial charge in [-0.3, -0.25) is 4.79 Å². The highest BCUT2D eigenvalue weighted by Gasteiger charge is 2.13. The molecule has 1 aromatic carbocycles. The van der Waals surface area contributed by atoms with E-state index in [0.717, 1.165) is 11.3 Å². The zero-order chi connectivity index (χ0) is 12.8. The van der Waals surface area contributed by atoms with Crippen LogP contribution in [0.5, 0.6) is 0 Å². The van der Waals surface area contributed by atoms with Crippen molar-refractivity contribution in [2.75, 3.05) is 25.5 Å². The molecule has 1 atom stereocenters. The van der Waals surface area contributed by atoms with Crippen molar-refractivity contribution in [1.82, 2.24) is 5.32 Å². The van der Waals surface area contributed by atoms with Gasteiger partial charge in [-0.25, -0.2) is 0 Å². The number of carbonyl (C=O) groups excluding carboxylic acids is 1. The molecular weight excluding hydrogens is 214 g/mol. The molecule has 1 unspecified atom stereocenters. The molecule has 0 fully saturated rings. The van der Waals surface area contributed by atoms with E-state index in [1.54, 1.807) is 7.05 Å². The maximum atomic E-state index is 11.4. The lowest BCUT2D eigenvalue weighted by Crippen LogP contribution is -2.34. The molecular formula is C13H21N3O. The zero-order valence-electron chi connectivity index (χ0n) is 10.7. The Morgan fingerprint density at radius 2 is 2.24 bits per heavy atom. The number of anilines is 1. The summed E-state index contributed by atoms with van der Waals surface area (Å²) in [6, 6.07) is 8.06. The Bertz CT molecular complexity index is 379. The van der Waals surface area contributed by atoms with Crippen LogP contribution in [0.3, 0.4) is 0 Å². The molecule has 1 rings (SSSR count). The summed E-state index contributed by atoms with van der Waals surface area (Å²) in [6.45, 7) is 3.14. The molecule has 0 saturated carbocycles. The average molecular weight is 235 g/mol. The quantitative estimate of drug-likeness (QED) is 0.799. The van der Waals surface area contributed by atoms with E-state index in [4.69, 9.17) is 5.73 Å². The number of nitrogens with zero attached hydrogens (tertiary/aromatic N) is 1. The van der Waals surface area contributed by atoms with Crippen molar-refractivity contribution < 1.29 is 4.79 Å². The topological polar surface area (TPSA) is 58.4 Å². The molecule has 0 spiro atoms. The second-order valence-corrected chi connectivity index (χ2v) is 4.27. The Balaban J connectivity index is 2.68. The van der Waals surface area contributed by atoms with Gasteiger partial charge in [-0.2, -0.15) is 0 Å². The molecule has 0 aliphatic rings. The van der Waals surface area contributed by atoms with E-state index in [9.17, 15) is 4.79 Å². The van der Waals surface area contributed by atoms with Crippen molar-refractivity contribution in [3.63, 3.8) is 0 Å². The van der Waals surface area contributed by atoms with Gasteiger partial charge in [0.25, 0.3) is 0 Å². The molecule has 0 aromatic heterocycles. The summed E-state index contributed by atoms with van der Waals surface area (Å²) in [6.07, 6.45) is 0. The second kappa shape index (κ2) is 6.25. The molecule has 1 amide bonds. The van der Waals surface area contributed by atoms with E-state index < -0.39 is 0 Å². The summed E-state index contributed by atoms with van der Waals surface area (Å²) >= 11 is 0. The van der Waals surface area contributed by atoms with Crippen LogP contribution in [-0.2, 0) is 11.3 Å². The standard InChI is InChI=1S/C13H21N3O/c1-10(13(17)15-2)9-16(3)12-6-4-5-11(7-12)8-14/h4-7,10H,8-9,14H2,1-3H3,(H,15,17). The molecule has 0 aliphatic heterocycles. The molecule has 1 aromatic rings. The van der Waals surface area contributed by atoms with Crippen LogP contribution in [0.25, 0.3) is 0 Å². The van der Waals surface area contributed by atoms with Crippen molar-refractivity contribution >= 4 is 11.6 Å². The Hall–Kier alpha value is -1.55. The minimum Gasteiger partial charge on any atom is -0.374 e. The van der Waals surface area contributed by atoms with Crippen LogP contribution in [-0.4, -0.2) is 26.5 Å². The minimum atomic E-state index is -0.0356. The highest BCUT2D eigenvalue weighted by molar-refractivity contribution is 5.78. The first-order valence-corrected chi connectivity index (χ1v) is 5.80. The number of hydrogen-bond donors (Lipinski definition) is 2. The smallest absolute Gasteiger partial charge is 0.224 e. The van der Waals surface area contributed by atoms with E-state index in [1.807, 2.05) is 32.2 Å². The number of rotatable bonds is 5. The third kappa shape index (κ3) is 3.75. The van der Waals surface area contributed by atoms with Gasteiger partial charge in [0.1, 0.15) is 0 Å². The van der Waals surface area contributed by atoms with E-state index in [0.29, 0.717) is 13.1 Å². The van der Waals surface area contributed by atoms with E-state index in [2.05, 4.69) is 16.3 Å². The zero-order valence-corrected chi connectivity index (χ0v) is 10.7. The maximum Gasteiger partial charge on any atom is 0.224 e. The van der Waals surface area contributed by atoms with E-state index in [1.165, 1.54) is 0 Å². The fourth-order valence-electron chi connectivity index (χ4n) is 1.77. The third-order valence-electron chi connectivity index (χ3n) is 2.83. The summed E-state index contributed by atoms with van der Waals surface area (Å²) < 4.78 is 0. The number of carbonyl (C=O) groups is 1. The monoisotopic (exact) mass is 235 g/mol. The summed E-state index contributed by atoms with van der Waals surface area (Å²) in [5.74, 6) is 0.0263. The molecule has 0 radical (unpaired) electrons. The van der Waals surface area contributed by atoms with Gasteiger partial charge in [0, 0.05) is 32.9 Å². The van der Waals surface area contributed by atoms with Gasteiger partial charge in [0.15, 0.2) is 0 Å². The van der Waals surface area contributed by atoms with Gasteiger partial charge in [0.2, 0.25) is 5.91 Å². The molecule has 4 heteroatoms. The number of hydrogen-bond acceptors (Lipinski definition) is 3. The molecule has 17 heavy (non-hydrogen) atoms. The molecule has 94 valence electrons. The van der Waals surface area contributed by atoms with Crippen molar-refractivity contribution in [3.8, 4) is 0 Å². The fraction of sp³-hybridized carbons (Fsp3) is 0.462. The predicted molar refractivity (Wildman–Crippen MR) is 70.8 cm³/mol. The molecule has 0 bridgehead atoms. The van der Waals surface area contributed by atoms with Gasteiger partial charge in [-0.15, -0.1) is 0 Å². The predicted octanol–water partition coefficient (Wildman–Crippen LogP) is 0.964. The first kappa shape index (κ1) is 13.5. The van der Waals surface area contributed by atoms with Gasteiger partial charge in [-0.1, -0.05) is 19.1 Å². The summed E-state index contributed by atoms with van der Waals surface area (Å²) in [4.78, 5) is 13.5. The van der Waals surface area contributed by atoms with Gasteiger partial charge >= 0.3 is 0 Å². The van der Waals surface area contributed by atoms with Crippen LogP contribution < -0.4 is 16.0 Å². The molecule has 3 N–H and O–H groups in total. The Morgan fingerprint density at radius 3 is 2.82 bits per heavy atom. The molecule has 4 nitrogen and oxygen atoms in total. The van der Waals surface area contributed by atoms with Gasteiger partial charge in [-0.05, 0) is 17.7 Å². The number of benzene rings is 1. The lowest BCUT2D eigenvalue weighted by molar-refractivity contribution is -0.123. The number of nitrogens with one attached hydrogen (secondary N) is 1. The van der Waals surface area contributed by atoms with Crippen LogP contribution in [0.15, 0.2) is 24.3 Å². The van der Waals surface area contributed by atoms with Crippen LogP contribution in [0.4, 0.5) is 5.69 Å². The summed E-state index contributed by atoms with van der Waals surface area (Å²) in [7, 11) is 3.64. The average Bonchev–Trinajstić information content (AvgIpc) is 2.37. The van der Waals surface area contributed by atoms with Crippen LogP contribution in [0, 0.1) is 5.92 Å². The Kier molecular flexibility index (Phi) is 4.97. The molecule has 0 heterocycles.